The SMILES string of the molecule is O=C(Nc1cc(F)c(Br)c(Cl)c1)NC1CCC(C(=O)O)CC1. The lowest BCUT2D eigenvalue weighted by Gasteiger charge is -2.26. The number of halogens is 3. The number of hydrogen-bond donors (Lipinski definition) is 3. The first-order valence-electron chi connectivity index (χ1n) is 6.81. The molecule has 5 nitrogen and oxygen atoms in total. The van der Waals surface area contributed by atoms with Crippen LogP contribution in [0.2, 0.25) is 5.02 Å². The number of urea groups is 1. The minimum atomic E-state index is -0.789. The predicted octanol–water partition coefficient (Wildman–Crippen LogP) is 4.01. The molecule has 1 fully saturated rings. The van der Waals surface area contributed by atoms with Crippen molar-refractivity contribution in [1.29, 1.82) is 0 Å². The summed E-state index contributed by atoms with van der Waals surface area (Å²) < 4.78 is 13.7. The second-order valence-corrected chi connectivity index (χ2v) is 6.44. The number of anilines is 1. The number of benzene rings is 1. The smallest absolute Gasteiger partial charge is 0.319 e. The maximum Gasteiger partial charge on any atom is 0.319 e. The van der Waals surface area contributed by atoms with E-state index in [1.165, 1.54) is 6.07 Å². The highest BCUT2D eigenvalue weighted by Gasteiger charge is 2.26. The first-order chi connectivity index (χ1) is 10.4. The molecule has 0 unspecified atom stereocenters. The van der Waals surface area contributed by atoms with Crippen molar-refractivity contribution in [3.05, 3.63) is 27.4 Å². The highest BCUT2D eigenvalue weighted by Crippen LogP contribution is 2.29. The third-order valence-electron chi connectivity index (χ3n) is 3.65. The molecule has 1 saturated carbocycles. The Kier molecular flexibility index (Phi) is 5.63. The summed E-state index contributed by atoms with van der Waals surface area (Å²) in [6.45, 7) is 0. The molecule has 0 atom stereocenters. The van der Waals surface area contributed by atoms with Crippen molar-refractivity contribution in [2.75, 3.05) is 5.32 Å². The van der Waals surface area contributed by atoms with Gasteiger partial charge < -0.3 is 15.7 Å². The van der Waals surface area contributed by atoms with Crippen molar-refractivity contribution in [2.24, 2.45) is 5.92 Å². The van der Waals surface area contributed by atoms with Crippen LogP contribution in [0.3, 0.4) is 0 Å². The number of rotatable bonds is 3. The molecule has 2 rings (SSSR count). The number of carbonyl (C=O) groups is 2. The summed E-state index contributed by atoms with van der Waals surface area (Å²) in [6, 6.07) is 2.06. The maximum atomic E-state index is 13.5. The van der Waals surface area contributed by atoms with E-state index in [1.54, 1.807) is 0 Å². The number of carboxylic acids is 1. The van der Waals surface area contributed by atoms with Gasteiger partial charge in [-0.05, 0) is 53.7 Å². The second kappa shape index (κ2) is 7.28. The Bertz CT molecular complexity index is 568. The van der Waals surface area contributed by atoms with Crippen LogP contribution in [-0.4, -0.2) is 23.1 Å². The van der Waals surface area contributed by atoms with Gasteiger partial charge in [-0.1, -0.05) is 11.6 Å². The Morgan fingerprint density at radius 2 is 1.91 bits per heavy atom. The molecule has 0 saturated heterocycles. The summed E-state index contributed by atoms with van der Waals surface area (Å²) in [5, 5.41) is 14.4. The van der Waals surface area contributed by atoms with Gasteiger partial charge in [-0.2, -0.15) is 0 Å². The summed E-state index contributed by atoms with van der Waals surface area (Å²) in [7, 11) is 0. The number of nitrogens with one attached hydrogen (secondary N) is 2. The normalized spacial score (nSPS) is 21.2. The van der Waals surface area contributed by atoms with Crippen molar-refractivity contribution in [3.63, 3.8) is 0 Å². The molecule has 22 heavy (non-hydrogen) atoms. The molecule has 0 radical (unpaired) electrons. The van der Waals surface area contributed by atoms with Gasteiger partial charge >= 0.3 is 12.0 Å². The van der Waals surface area contributed by atoms with Gasteiger partial charge in [0.2, 0.25) is 0 Å². The van der Waals surface area contributed by atoms with Crippen molar-refractivity contribution >= 4 is 45.2 Å². The average Bonchev–Trinajstić information content (AvgIpc) is 2.45. The van der Waals surface area contributed by atoms with Gasteiger partial charge in [0.15, 0.2) is 0 Å². The van der Waals surface area contributed by atoms with Gasteiger partial charge in [-0.25, -0.2) is 9.18 Å². The summed E-state index contributed by atoms with van der Waals surface area (Å²) in [5.74, 6) is -1.69. The van der Waals surface area contributed by atoms with E-state index < -0.39 is 17.8 Å². The molecule has 0 aliphatic heterocycles. The number of carbonyl (C=O) groups excluding carboxylic acids is 1. The van der Waals surface area contributed by atoms with Crippen molar-refractivity contribution < 1.29 is 19.1 Å². The Morgan fingerprint density at radius 3 is 2.45 bits per heavy atom. The van der Waals surface area contributed by atoms with Gasteiger partial charge in [-0.15, -0.1) is 0 Å². The van der Waals surface area contributed by atoms with Crippen molar-refractivity contribution in [3.8, 4) is 0 Å². The molecular weight excluding hydrogens is 379 g/mol. The second-order valence-electron chi connectivity index (χ2n) is 5.24. The van der Waals surface area contributed by atoms with Gasteiger partial charge in [0, 0.05) is 11.7 Å². The lowest BCUT2D eigenvalue weighted by Crippen LogP contribution is -2.41. The third kappa shape index (κ3) is 4.33. The molecule has 8 heteroatoms. The van der Waals surface area contributed by atoms with Gasteiger partial charge in [0.1, 0.15) is 5.82 Å². The number of amides is 2. The number of aliphatic carboxylic acids is 1. The molecule has 120 valence electrons. The van der Waals surface area contributed by atoms with E-state index in [-0.39, 0.29) is 27.1 Å². The molecular formula is C14H15BrClFN2O3. The largest absolute Gasteiger partial charge is 0.481 e. The lowest BCUT2D eigenvalue weighted by atomic mass is 9.86. The van der Waals surface area contributed by atoms with Crippen LogP contribution in [0.25, 0.3) is 0 Å². The Labute approximate surface area is 140 Å². The minimum Gasteiger partial charge on any atom is -0.481 e. The van der Waals surface area contributed by atoms with E-state index in [1.807, 2.05) is 0 Å². The molecule has 1 aliphatic carbocycles. The van der Waals surface area contributed by atoms with E-state index in [9.17, 15) is 14.0 Å². The van der Waals surface area contributed by atoms with Crippen LogP contribution in [0.4, 0.5) is 14.9 Å². The van der Waals surface area contributed by atoms with E-state index >= 15 is 0 Å². The third-order valence-corrected chi connectivity index (χ3v) is 4.99. The van der Waals surface area contributed by atoms with Crippen molar-refractivity contribution in [2.45, 2.75) is 31.7 Å². The maximum absolute atomic E-state index is 13.5. The van der Waals surface area contributed by atoms with E-state index in [4.69, 9.17) is 16.7 Å². The number of carboxylic acid groups (broad SMARTS) is 1. The fourth-order valence-corrected chi connectivity index (χ4v) is 2.90. The summed E-state index contributed by atoms with van der Waals surface area (Å²) in [5.41, 5.74) is 0.252. The number of hydrogen-bond acceptors (Lipinski definition) is 2. The Hall–Kier alpha value is -1.34. The molecule has 3 N–H and O–H groups in total. The highest BCUT2D eigenvalue weighted by atomic mass is 79.9. The van der Waals surface area contributed by atoms with Gasteiger partial charge in [0.25, 0.3) is 0 Å². The van der Waals surface area contributed by atoms with Crippen LogP contribution in [0.5, 0.6) is 0 Å². The minimum absolute atomic E-state index is 0.0774. The topological polar surface area (TPSA) is 78.4 Å². The highest BCUT2D eigenvalue weighted by molar-refractivity contribution is 9.10. The summed E-state index contributed by atoms with van der Waals surface area (Å²) in [4.78, 5) is 22.8. The fraction of sp³-hybridized carbons (Fsp3) is 0.429. The molecule has 0 spiro atoms. The van der Waals surface area contributed by atoms with Crippen LogP contribution in [0.1, 0.15) is 25.7 Å². The van der Waals surface area contributed by atoms with Crippen LogP contribution in [0, 0.1) is 11.7 Å². The Morgan fingerprint density at radius 1 is 1.27 bits per heavy atom. The average molecular weight is 394 g/mol. The molecule has 1 aromatic carbocycles. The quantitative estimate of drug-likeness (QED) is 0.679. The van der Waals surface area contributed by atoms with Crippen LogP contribution in [-0.2, 0) is 4.79 Å². The molecule has 1 aliphatic rings. The zero-order valence-electron chi connectivity index (χ0n) is 11.5. The monoisotopic (exact) mass is 392 g/mol. The van der Waals surface area contributed by atoms with Gasteiger partial charge in [-0.3, -0.25) is 4.79 Å². The standard InChI is InChI=1S/C14H15BrClFN2O3/c15-12-10(16)5-9(6-11(12)17)19-14(22)18-8-3-1-7(2-4-8)13(20)21/h5-8H,1-4H2,(H,20,21)(H2,18,19,22). The lowest BCUT2D eigenvalue weighted by molar-refractivity contribution is -0.142. The first-order valence-corrected chi connectivity index (χ1v) is 7.98. The molecule has 1 aromatic rings. The zero-order valence-corrected chi connectivity index (χ0v) is 13.9. The first kappa shape index (κ1) is 17.0. The molecule has 2 amide bonds. The Balaban J connectivity index is 1.88. The van der Waals surface area contributed by atoms with Crippen LogP contribution >= 0.6 is 27.5 Å². The van der Waals surface area contributed by atoms with Crippen LogP contribution in [0.15, 0.2) is 16.6 Å². The molecule has 0 heterocycles. The molecule has 0 bridgehead atoms. The van der Waals surface area contributed by atoms with Crippen molar-refractivity contribution in [1.82, 2.24) is 5.32 Å². The summed E-state index contributed by atoms with van der Waals surface area (Å²) >= 11 is 8.82. The summed E-state index contributed by atoms with van der Waals surface area (Å²) in [6.07, 6.45) is 2.30. The van der Waals surface area contributed by atoms with E-state index in [0.717, 1.165) is 6.07 Å². The van der Waals surface area contributed by atoms with E-state index in [2.05, 4.69) is 26.6 Å². The fourth-order valence-electron chi connectivity index (χ4n) is 2.46. The molecule has 0 aromatic heterocycles. The van der Waals surface area contributed by atoms with Gasteiger partial charge in [0.05, 0.1) is 15.4 Å². The van der Waals surface area contributed by atoms with Crippen LogP contribution < -0.4 is 10.6 Å². The zero-order chi connectivity index (χ0) is 16.3. The van der Waals surface area contributed by atoms with E-state index in [0.29, 0.717) is 25.7 Å². The predicted molar refractivity (Wildman–Crippen MR) is 84.6 cm³/mol.